The summed E-state index contributed by atoms with van der Waals surface area (Å²) in [5.41, 5.74) is 1.71. The number of carbonyl (C=O) groups excluding carboxylic acids is 2. The Balaban J connectivity index is 1.49. The molecule has 0 radical (unpaired) electrons. The van der Waals surface area contributed by atoms with E-state index in [0.717, 1.165) is 5.56 Å². The molecule has 0 bridgehead atoms. The number of halogens is 1. The van der Waals surface area contributed by atoms with Crippen molar-refractivity contribution in [1.82, 2.24) is 9.80 Å². The zero-order valence-corrected chi connectivity index (χ0v) is 15.4. The summed E-state index contributed by atoms with van der Waals surface area (Å²) in [5, 5.41) is 0.540. The van der Waals surface area contributed by atoms with Crippen molar-refractivity contribution in [3.8, 4) is 5.75 Å². The minimum atomic E-state index is -0.0690. The maximum Gasteiger partial charge on any atom is 0.260 e. The molecule has 2 amide bonds. The highest BCUT2D eigenvalue weighted by molar-refractivity contribution is 6.30. The van der Waals surface area contributed by atoms with Gasteiger partial charge in [-0.15, -0.1) is 0 Å². The van der Waals surface area contributed by atoms with E-state index in [4.69, 9.17) is 16.3 Å². The molecule has 1 fully saturated rings. The molecule has 136 valence electrons. The van der Waals surface area contributed by atoms with E-state index in [1.54, 1.807) is 34.1 Å². The van der Waals surface area contributed by atoms with E-state index in [0.29, 0.717) is 42.5 Å². The summed E-state index contributed by atoms with van der Waals surface area (Å²) >= 11 is 5.95. The maximum absolute atomic E-state index is 12.5. The molecule has 3 rings (SSSR count). The topological polar surface area (TPSA) is 49.9 Å². The predicted octanol–water partition coefficient (Wildman–Crippen LogP) is 3.01. The lowest BCUT2D eigenvalue weighted by molar-refractivity contribution is -0.134. The van der Waals surface area contributed by atoms with Gasteiger partial charge < -0.3 is 14.5 Å². The predicted molar refractivity (Wildman–Crippen MR) is 101 cm³/mol. The average molecular weight is 373 g/mol. The molecule has 2 aromatic carbocycles. The van der Waals surface area contributed by atoms with Gasteiger partial charge in [-0.05, 0) is 37.3 Å². The number of piperazine rings is 1. The van der Waals surface area contributed by atoms with Gasteiger partial charge in [0.15, 0.2) is 6.61 Å². The largest absolute Gasteiger partial charge is 0.484 e. The summed E-state index contributed by atoms with van der Waals surface area (Å²) in [6, 6.07) is 14.5. The van der Waals surface area contributed by atoms with Crippen LogP contribution in [0.25, 0.3) is 0 Å². The van der Waals surface area contributed by atoms with Gasteiger partial charge in [0, 0.05) is 36.8 Å². The summed E-state index contributed by atoms with van der Waals surface area (Å²) in [5.74, 6) is 0.551. The minimum Gasteiger partial charge on any atom is -0.484 e. The van der Waals surface area contributed by atoms with Crippen LogP contribution in [0, 0.1) is 6.92 Å². The van der Waals surface area contributed by atoms with Crippen LogP contribution in [0.1, 0.15) is 15.9 Å². The van der Waals surface area contributed by atoms with Crippen molar-refractivity contribution in [3.63, 3.8) is 0 Å². The Kier molecular flexibility index (Phi) is 5.78. The summed E-state index contributed by atoms with van der Waals surface area (Å²) in [7, 11) is 0. The zero-order valence-electron chi connectivity index (χ0n) is 14.7. The van der Waals surface area contributed by atoms with Gasteiger partial charge in [-0.1, -0.05) is 35.4 Å². The first kappa shape index (κ1) is 18.3. The second-order valence-corrected chi connectivity index (χ2v) is 6.72. The second kappa shape index (κ2) is 8.23. The molecule has 6 heteroatoms. The number of hydrogen-bond acceptors (Lipinski definition) is 3. The number of nitrogens with zero attached hydrogens (tertiary/aromatic N) is 2. The number of ether oxygens (including phenoxy) is 1. The van der Waals surface area contributed by atoms with Gasteiger partial charge in [-0.25, -0.2) is 0 Å². The lowest BCUT2D eigenvalue weighted by Crippen LogP contribution is -2.51. The Hall–Kier alpha value is -2.53. The molecule has 0 aromatic heterocycles. The number of amides is 2. The van der Waals surface area contributed by atoms with Crippen molar-refractivity contribution >= 4 is 23.4 Å². The molecule has 1 heterocycles. The Morgan fingerprint density at radius 1 is 1.00 bits per heavy atom. The third kappa shape index (κ3) is 4.55. The van der Waals surface area contributed by atoms with Gasteiger partial charge in [0.1, 0.15) is 5.75 Å². The van der Waals surface area contributed by atoms with Gasteiger partial charge >= 0.3 is 0 Å². The maximum atomic E-state index is 12.5. The molecule has 26 heavy (non-hydrogen) atoms. The summed E-state index contributed by atoms with van der Waals surface area (Å²) in [6.45, 7) is 4.01. The summed E-state index contributed by atoms with van der Waals surface area (Å²) in [6.07, 6.45) is 0. The van der Waals surface area contributed by atoms with Crippen LogP contribution >= 0.6 is 11.6 Å². The number of rotatable bonds is 4. The normalized spacial score (nSPS) is 14.2. The van der Waals surface area contributed by atoms with Crippen LogP contribution < -0.4 is 4.74 Å². The van der Waals surface area contributed by atoms with Crippen molar-refractivity contribution in [2.75, 3.05) is 32.8 Å². The highest BCUT2D eigenvalue weighted by Gasteiger charge is 2.25. The molecule has 1 saturated heterocycles. The van der Waals surface area contributed by atoms with Crippen LogP contribution in [0.15, 0.2) is 48.5 Å². The van der Waals surface area contributed by atoms with E-state index in [1.807, 2.05) is 31.2 Å². The Morgan fingerprint density at radius 2 is 1.65 bits per heavy atom. The third-order valence-corrected chi connectivity index (χ3v) is 4.61. The van der Waals surface area contributed by atoms with E-state index in [1.165, 1.54) is 0 Å². The Morgan fingerprint density at radius 3 is 2.31 bits per heavy atom. The van der Waals surface area contributed by atoms with Crippen LogP contribution in [0.5, 0.6) is 5.75 Å². The van der Waals surface area contributed by atoms with Gasteiger partial charge in [0.25, 0.3) is 11.8 Å². The van der Waals surface area contributed by atoms with Crippen molar-refractivity contribution in [2.45, 2.75) is 6.92 Å². The molecule has 5 nitrogen and oxygen atoms in total. The quantitative estimate of drug-likeness (QED) is 0.829. The van der Waals surface area contributed by atoms with Gasteiger partial charge in [-0.3, -0.25) is 9.59 Å². The summed E-state index contributed by atoms with van der Waals surface area (Å²) < 4.78 is 5.55. The first-order valence-electron chi connectivity index (χ1n) is 8.55. The first-order chi connectivity index (χ1) is 12.5. The molecule has 1 aliphatic heterocycles. The van der Waals surface area contributed by atoms with E-state index < -0.39 is 0 Å². The molecule has 2 aromatic rings. The highest BCUT2D eigenvalue weighted by Crippen LogP contribution is 2.15. The fourth-order valence-electron chi connectivity index (χ4n) is 2.83. The molecular formula is C20H21ClN2O3. The summed E-state index contributed by atoms with van der Waals surface area (Å²) in [4.78, 5) is 28.3. The van der Waals surface area contributed by atoms with Gasteiger partial charge in [0.05, 0.1) is 0 Å². The van der Waals surface area contributed by atoms with Crippen molar-refractivity contribution in [1.29, 1.82) is 0 Å². The van der Waals surface area contributed by atoms with E-state index in [-0.39, 0.29) is 18.4 Å². The number of carbonyl (C=O) groups is 2. The SMILES string of the molecule is Cc1ccc(OCC(=O)N2CCN(C(=O)c3cccc(Cl)c3)CC2)cc1. The Bertz CT molecular complexity index is 784. The molecule has 1 aliphatic rings. The van der Waals surface area contributed by atoms with Gasteiger partial charge in [-0.2, -0.15) is 0 Å². The third-order valence-electron chi connectivity index (χ3n) is 4.37. The van der Waals surface area contributed by atoms with E-state index in [9.17, 15) is 9.59 Å². The van der Waals surface area contributed by atoms with Crippen molar-refractivity contribution < 1.29 is 14.3 Å². The minimum absolute atomic E-state index is 0.00526. The highest BCUT2D eigenvalue weighted by atomic mass is 35.5. The van der Waals surface area contributed by atoms with Gasteiger partial charge in [0.2, 0.25) is 0 Å². The lowest BCUT2D eigenvalue weighted by Gasteiger charge is -2.34. The van der Waals surface area contributed by atoms with E-state index >= 15 is 0 Å². The lowest BCUT2D eigenvalue weighted by atomic mass is 10.2. The van der Waals surface area contributed by atoms with Crippen LogP contribution in [-0.4, -0.2) is 54.4 Å². The number of aryl methyl sites for hydroxylation is 1. The zero-order chi connectivity index (χ0) is 18.5. The molecule has 0 atom stereocenters. The van der Waals surface area contributed by atoms with E-state index in [2.05, 4.69) is 0 Å². The van der Waals surface area contributed by atoms with Crippen LogP contribution in [-0.2, 0) is 4.79 Å². The number of hydrogen-bond donors (Lipinski definition) is 0. The fraction of sp³-hybridized carbons (Fsp3) is 0.300. The molecule has 0 N–H and O–H groups in total. The van der Waals surface area contributed by atoms with Crippen LogP contribution in [0.4, 0.5) is 0 Å². The molecule has 0 saturated carbocycles. The van der Waals surface area contributed by atoms with Crippen LogP contribution in [0.3, 0.4) is 0 Å². The fourth-order valence-corrected chi connectivity index (χ4v) is 3.02. The monoisotopic (exact) mass is 372 g/mol. The average Bonchev–Trinajstić information content (AvgIpc) is 2.67. The molecule has 0 aliphatic carbocycles. The smallest absolute Gasteiger partial charge is 0.260 e. The standard InChI is InChI=1S/C20H21ClN2O3/c1-15-5-7-18(8-6-15)26-14-19(24)22-9-11-23(12-10-22)20(25)16-3-2-4-17(21)13-16/h2-8,13H,9-12,14H2,1H3. The molecular weight excluding hydrogens is 352 g/mol. The first-order valence-corrected chi connectivity index (χ1v) is 8.93. The Labute approximate surface area is 158 Å². The van der Waals surface area contributed by atoms with Crippen LogP contribution in [0.2, 0.25) is 5.02 Å². The molecule has 0 spiro atoms. The second-order valence-electron chi connectivity index (χ2n) is 6.29. The number of benzene rings is 2. The van der Waals surface area contributed by atoms with Crippen molar-refractivity contribution in [3.05, 3.63) is 64.7 Å². The van der Waals surface area contributed by atoms with Crippen molar-refractivity contribution in [2.24, 2.45) is 0 Å². The molecule has 0 unspecified atom stereocenters.